The lowest BCUT2D eigenvalue weighted by Crippen LogP contribution is -2.13. The lowest BCUT2D eigenvalue weighted by atomic mass is 10.0. The molecule has 0 saturated heterocycles. The first kappa shape index (κ1) is 24.0. The van der Waals surface area contributed by atoms with E-state index in [1.165, 1.54) is 0 Å². The zero-order valence-electron chi connectivity index (χ0n) is 21.0. The Kier molecular flexibility index (Phi) is 6.35. The Morgan fingerprint density at radius 2 is 1.09 bits per heavy atom. The summed E-state index contributed by atoms with van der Waals surface area (Å²) in [5.74, 6) is 1.82. The first-order chi connectivity index (χ1) is 16.6. The summed E-state index contributed by atoms with van der Waals surface area (Å²) >= 11 is 0. The van der Waals surface area contributed by atoms with Crippen molar-refractivity contribution in [2.75, 3.05) is 4.90 Å². The number of phenolic OH excluding ortho intramolecular Hbond substituents is 3. The molecule has 0 aliphatic carbocycles. The van der Waals surface area contributed by atoms with Gasteiger partial charge in [0.25, 0.3) is 0 Å². The van der Waals surface area contributed by atoms with Gasteiger partial charge in [-0.1, -0.05) is 12.1 Å². The summed E-state index contributed by atoms with van der Waals surface area (Å²) in [4.78, 5) is 1.88. The zero-order chi connectivity index (χ0) is 25.4. The molecule has 0 aliphatic heterocycles. The number of rotatable bonds is 5. The maximum absolute atomic E-state index is 11.0. The molecule has 3 N–H and O–H groups in total. The fourth-order valence-electron chi connectivity index (χ4n) is 4.51. The van der Waals surface area contributed by atoms with Gasteiger partial charge in [-0.15, -0.1) is 0 Å². The van der Waals surface area contributed by atoms with Crippen LogP contribution in [0.5, 0.6) is 28.7 Å². The highest BCUT2D eigenvalue weighted by Gasteiger charge is 2.23. The number of anilines is 3. The van der Waals surface area contributed by atoms with E-state index < -0.39 is 0 Å². The molecule has 0 aromatic heterocycles. The second kappa shape index (κ2) is 9.26. The first-order valence-electron chi connectivity index (χ1n) is 11.5. The summed E-state index contributed by atoms with van der Waals surface area (Å²) in [5, 5.41) is 31.8. The van der Waals surface area contributed by atoms with Crippen LogP contribution in [-0.4, -0.2) is 15.3 Å². The number of nitrogens with zero attached hydrogens (tertiary/aromatic N) is 1. The quantitative estimate of drug-likeness (QED) is 0.277. The van der Waals surface area contributed by atoms with Gasteiger partial charge in [0.2, 0.25) is 0 Å². The minimum atomic E-state index is 0.136. The smallest absolute Gasteiger partial charge is 0.140 e. The van der Waals surface area contributed by atoms with Crippen LogP contribution in [0, 0.1) is 41.5 Å². The molecule has 0 saturated carbocycles. The van der Waals surface area contributed by atoms with E-state index >= 15 is 0 Å². The largest absolute Gasteiger partial charge is 0.508 e. The molecule has 5 nitrogen and oxygen atoms in total. The minimum absolute atomic E-state index is 0.136. The highest BCUT2D eigenvalue weighted by Crippen LogP contribution is 2.47. The van der Waals surface area contributed by atoms with Gasteiger partial charge in [-0.25, -0.2) is 0 Å². The van der Waals surface area contributed by atoms with Crippen molar-refractivity contribution in [2.45, 2.75) is 41.5 Å². The van der Waals surface area contributed by atoms with Gasteiger partial charge < -0.3 is 25.0 Å². The van der Waals surface area contributed by atoms with Crippen LogP contribution in [0.3, 0.4) is 0 Å². The molecule has 0 spiro atoms. The number of ether oxygens (including phenoxy) is 1. The second-order valence-electron chi connectivity index (χ2n) is 9.16. The average Bonchev–Trinajstić information content (AvgIpc) is 2.78. The molecule has 0 aliphatic rings. The molecule has 180 valence electrons. The van der Waals surface area contributed by atoms with Crippen LogP contribution in [-0.2, 0) is 0 Å². The van der Waals surface area contributed by atoms with Gasteiger partial charge in [0.1, 0.15) is 28.7 Å². The molecule has 0 atom stereocenters. The van der Waals surface area contributed by atoms with Gasteiger partial charge in [-0.3, -0.25) is 0 Å². The summed E-state index contributed by atoms with van der Waals surface area (Å²) in [5.41, 5.74) is 7.31. The lowest BCUT2D eigenvalue weighted by Gasteiger charge is -2.30. The Hall–Kier alpha value is -4.12. The van der Waals surface area contributed by atoms with Crippen LogP contribution >= 0.6 is 0 Å². The summed E-state index contributed by atoms with van der Waals surface area (Å²) in [7, 11) is 0. The number of aromatic hydroxyl groups is 3. The van der Waals surface area contributed by atoms with E-state index in [4.69, 9.17) is 4.74 Å². The van der Waals surface area contributed by atoms with E-state index in [9.17, 15) is 15.3 Å². The summed E-state index contributed by atoms with van der Waals surface area (Å²) < 4.78 is 6.09. The fourth-order valence-corrected chi connectivity index (χ4v) is 4.51. The van der Waals surface area contributed by atoms with Crippen molar-refractivity contribution in [1.82, 2.24) is 0 Å². The Morgan fingerprint density at radius 1 is 0.571 bits per heavy atom. The molecule has 0 radical (unpaired) electrons. The van der Waals surface area contributed by atoms with E-state index in [1.54, 1.807) is 24.3 Å². The molecule has 4 aromatic carbocycles. The van der Waals surface area contributed by atoms with E-state index in [0.29, 0.717) is 22.9 Å². The van der Waals surface area contributed by atoms with Crippen molar-refractivity contribution >= 4 is 17.1 Å². The van der Waals surface area contributed by atoms with Crippen LogP contribution < -0.4 is 9.64 Å². The zero-order valence-corrected chi connectivity index (χ0v) is 21.0. The van der Waals surface area contributed by atoms with E-state index in [-0.39, 0.29) is 17.2 Å². The predicted molar refractivity (Wildman–Crippen MR) is 141 cm³/mol. The monoisotopic (exact) mass is 469 g/mol. The van der Waals surface area contributed by atoms with Gasteiger partial charge in [0.15, 0.2) is 0 Å². The molecule has 4 rings (SSSR count). The molecule has 35 heavy (non-hydrogen) atoms. The third-order valence-electron chi connectivity index (χ3n) is 6.33. The van der Waals surface area contributed by atoms with Gasteiger partial charge in [-0.2, -0.15) is 0 Å². The van der Waals surface area contributed by atoms with Crippen molar-refractivity contribution in [3.8, 4) is 28.7 Å². The third-order valence-corrected chi connectivity index (χ3v) is 6.33. The average molecular weight is 470 g/mol. The normalized spacial score (nSPS) is 10.9. The summed E-state index contributed by atoms with van der Waals surface area (Å²) in [6.07, 6.45) is 0. The van der Waals surface area contributed by atoms with Crippen molar-refractivity contribution in [1.29, 1.82) is 0 Å². The van der Waals surface area contributed by atoms with Crippen LogP contribution in [0.4, 0.5) is 17.1 Å². The fraction of sp³-hybridized carbons (Fsp3) is 0.200. The molecule has 5 heteroatoms. The molecule has 0 unspecified atom stereocenters. The molecule has 4 aromatic rings. The standard InChI is InChI=1S/C30H31NO4/c1-17-13-19(3)29(26(33)15-17)31(30-20(4)14-18(2)16-27(30)34)23-7-9-24(10-8-23)35-28-12-11-25(32)21(5)22(28)6/h7-16,32-34H,1-6H3. The SMILES string of the molecule is Cc1cc(C)c(N(c2ccc(Oc3ccc(O)c(C)c3C)cc2)c2c(C)cc(C)cc2O)c(O)c1. The number of aryl methyl sites for hydroxylation is 4. The minimum Gasteiger partial charge on any atom is -0.508 e. The van der Waals surface area contributed by atoms with Crippen LogP contribution in [0.15, 0.2) is 60.7 Å². The van der Waals surface area contributed by atoms with Gasteiger partial charge in [-0.05, 0) is 123 Å². The highest BCUT2D eigenvalue weighted by atomic mass is 16.5. The molecular formula is C30H31NO4. The molecule has 0 bridgehead atoms. The van der Waals surface area contributed by atoms with Crippen LogP contribution in [0.1, 0.15) is 33.4 Å². The molecule has 0 amide bonds. The second-order valence-corrected chi connectivity index (χ2v) is 9.16. The van der Waals surface area contributed by atoms with Gasteiger partial charge >= 0.3 is 0 Å². The van der Waals surface area contributed by atoms with Crippen molar-refractivity contribution in [2.24, 2.45) is 0 Å². The Labute approximate surface area is 206 Å². The van der Waals surface area contributed by atoms with E-state index in [0.717, 1.165) is 39.1 Å². The highest BCUT2D eigenvalue weighted by molar-refractivity contribution is 5.86. The number of hydrogen-bond donors (Lipinski definition) is 3. The van der Waals surface area contributed by atoms with Gasteiger partial charge in [0, 0.05) is 5.69 Å². The Morgan fingerprint density at radius 3 is 1.57 bits per heavy atom. The molecule has 0 fully saturated rings. The van der Waals surface area contributed by atoms with Crippen molar-refractivity contribution in [3.05, 3.63) is 94.0 Å². The summed E-state index contributed by atoms with van der Waals surface area (Å²) in [6.45, 7) is 11.5. The molecule has 0 heterocycles. The van der Waals surface area contributed by atoms with Gasteiger partial charge in [0.05, 0.1) is 11.4 Å². The van der Waals surface area contributed by atoms with Crippen LogP contribution in [0.25, 0.3) is 0 Å². The summed E-state index contributed by atoms with van der Waals surface area (Å²) in [6, 6.07) is 18.3. The maximum atomic E-state index is 11.0. The van der Waals surface area contributed by atoms with E-state index in [2.05, 4.69) is 0 Å². The van der Waals surface area contributed by atoms with Crippen molar-refractivity contribution in [3.63, 3.8) is 0 Å². The van der Waals surface area contributed by atoms with Crippen LogP contribution in [0.2, 0.25) is 0 Å². The predicted octanol–water partition coefficient (Wildman–Crippen LogP) is 7.92. The molecular weight excluding hydrogens is 438 g/mol. The first-order valence-corrected chi connectivity index (χ1v) is 11.5. The maximum Gasteiger partial charge on any atom is 0.140 e. The number of phenols is 3. The number of hydrogen-bond acceptors (Lipinski definition) is 5. The third kappa shape index (κ3) is 4.62. The lowest BCUT2D eigenvalue weighted by molar-refractivity contribution is 0.457. The van der Waals surface area contributed by atoms with Crippen molar-refractivity contribution < 1.29 is 20.1 Å². The topological polar surface area (TPSA) is 73.2 Å². The Balaban J connectivity index is 1.82. The Bertz CT molecular complexity index is 1300. The number of benzene rings is 4. The van der Waals surface area contributed by atoms with E-state index in [1.807, 2.05) is 82.8 Å².